The number of aliphatic hydroxyl groups is 1. The van der Waals surface area contributed by atoms with Crippen molar-refractivity contribution < 1.29 is 19.3 Å². The number of ether oxygens (including phenoxy) is 3. The van der Waals surface area contributed by atoms with Gasteiger partial charge in [0, 0.05) is 31.8 Å². The third kappa shape index (κ3) is 9.64. The molecule has 3 rings (SSSR count). The van der Waals surface area contributed by atoms with E-state index in [1.165, 1.54) is 25.7 Å². The van der Waals surface area contributed by atoms with Gasteiger partial charge in [-0.1, -0.05) is 27.7 Å². The first kappa shape index (κ1) is 38.2. The molecule has 0 aromatic rings. The van der Waals surface area contributed by atoms with E-state index in [4.69, 9.17) is 31.4 Å². The highest BCUT2D eigenvalue weighted by Crippen LogP contribution is 2.66. The molecule has 3 fully saturated rings. The molecule has 0 bridgehead atoms. The van der Waals surface area contributed by atoms with Crippen LogP contribution in [0.3, 0.4) is 0 Å². The summed E-state index contributed by atoms with van der Waals surface area (Å²) in [6, 6.07) is 0. The summed E-state index contributed by atoms with van der Waals surface area (Å²) < 4.78 is 20.3. The number of aliphatic hydroxyl groups excluding tert-OH is 1. The second-order valence-electron chi connectivity index (χ2n) is 15.3. The van der Waals surface area contributed by atoms with E-state index in [2.05, 4.69) is 27.7 Å². The average Bonchev–Trinajstić information content (AvgIpc) is 3.39. The predicted octanol–water partition coefficient (Wildman–Crippen LogP) is 6.43. The molecular weight excluding hydrogens is 550 g/mol. The van der Waals surface area contributed by atoms with E-state index in [1.54, 1.807) is 0 Å². The molecule has 260 valence electrons. The smallest absolute Gasteiger partial charge is 0.0637 e. The van der Waals surface area contributed by atoms with E-state index in [1.807, 2.05) is 0 Å². The third-order valence-electron chi connectivity index (χ3n) is 12.6. The van der Waals surface area contributed by atoms with Crippen LogP contribution in [-0.2, 0) is 14.2 Å². The largest absolute Gasteiger partial charge is 0.396 e. The molecular formula is C37H73N3O4. The first-order valence-electron chi connectivity index (χ1n) is 18.9. The Bertz CT molecular complexity index is 763. The fourth-order valence-electron chi connectivity index (χ4n) is 10.0. The Kier molecular flexibility index (Phi) is 16.9. The van der Waals surface area contributed by atoms with Crippen LogP contribution in [0.2, 0.25) is 0 Å². The van der Waals surface area contributed by atoms with Crippen LogP contribution in [0, 0.1) is 40.4 Å². The van der Waals surface area contributed by atoms with Crippen LogP contribution in [-0.4, -0.2) is 69.5 Å². The number of fused-ring (bicyclic) bond motifs is 1. The summed E-state index contributed by atoms with van der Waals surface area (Å²) in [6.07, 6.45) is 18.6. The van der Waals surface area contributed by atoms with E-state index in [0.29, 0.717) is 35.7 Å². The van der Waals surface area contributed by atoms with Crippen molar-refractivity contribution in [1.82, 2.24) is 0 Å². The van der Waals surface area contributed by atoms with Gasteiger partial charge < -0.3 is 36.5 Å². The predicted molar refractivity (Wildman–Crippen MR) is 182 cm³/mol. The molecule has 0 aromatic heterocycles. The molecule has 7 heteroatoms. The highest BCUT2D eigenvalue weighted by molar-refractivity contribution is 5.12. The Labute approximate surface area is 271 Å². The van der Waals surface area contributed by atoms with Crippen molar-refractivity contribution >= 4 is 0 Å². The monoisotopic (exact) mass is 624 g/mol. The number of rotatable bonds is 22. The van der Waals surface area contributed by atoms with Crippen LogP contribution in [0.4, 0.5) is 0 Å². The van der Waals surface area contributed by atoms with Gasteiger partial charge in [-0.25, -0.2) is 0 Å². The van der Waals surface area contributed by atoms with Crippen LogP contribution in [0.5, 0.6) is 0 Å². The zero-order valence-electron chi connectivity index (χ0n) is 29.3. The van der Waals surface area contributed by atoms with Crippen molar-refractivity contribution in [3.63, 3.8) is 0 Å². The molecule has 0 aromatic carbocycles. The Balaban J connectivity index is 1.91. The highest BCUT2D eigenvalue weighted by Gasteiger charge is 2.63. The van der Waals surface area contributed by atoms with Crippen LogP contribution in [0.15, 0.2) is 0 Å². The van der Waals surface area contributed by atoms with Gasteiger partial charge in [0.1, 0.15) is 0 Å². The summed E-state index contributed by atoms with van der Waals surface area (Å²) in [4.78, 5) is 0. The van der Waals surface area contributed by atoms with Gasteiger partial charge in [0.15, 0.2) is 0 Å². The average molecular weight is 624 g/mol. The Hall–Kier alpha value is -0.280. The molecule has 7 N–H and O–H groups in total. The molecule has 3 saturated carbocycles. The van der Waals surface area contributed by atoms with Gasteiger partial charge in [0.25, 0.3) is 0 Å². The van der Waals surface area contributed by atoms with Gasteiger partial charge in [-0.3, -0.25) is 0 Å². The van der Waals surface area contributed by atoms with Crippen molar-refractivity contribution in [3.05, 3.63) is 0 Å². The molecule has 1 unspecified atom stereocenters. The molecule has 0 spiro atoms. The molecule has 0 amide bonds. The summed E-state index contributed by atoms with van der Waals surface area (Å²) >= 11 is 0. The van der Waals surface area contributed by atoms with Gasteiger partial charge in [0.05, 0.1) is 18.3 Å². The van der Waals surface area contributed by atoms with Crippen molar-refractivity contribution in [2.75, 3.05) is 46.1 Å². The third-order valence-corrected chi connectivity index (χ3v) is 12.6. The number of hydrogen-bond donors (Lipinski definition) is 4. The van der Waals surface area contributed by atoms with Gasteiger partial charge in [-0.2, -0.15) is 0 Å². The summed E-state index contributed by atoms with van der Waals surface area (Å²) in [5.41, 5.74) is 17.8. The SMILES string of the molecule is CC[C@@H](OCCCCN)C1[C@@H]2CC[C@H]([C@H](C)CCCO)[C@@]2(C)[C@@H](OCCCCN)C[C@@H]1[C@]1(C)CC[C@H](OCCCCN)CC1. The van der Waals surface area contributed by atoms with E-state index < -0.39 is 0 Å². The summed E-state index contributed by atoms with van der Waals surface area (Å²) in [7, 11) is 0. The lowest BCUT2D eigenvalue weighted by Crippen LogP contribution is -2.59. The number of nitrogens with two attached hydrogens (primary N) is 3. The first-order chi connectivity index (χ1) is 21.3. The van der Waals surface area contributed by atoms with Crippen LogP contribution in [0.25, 0.3) is 0 Å². The molecule has 0 aliphatic heterocycles. The standard InChI is InChI=1S/C37H73N3O4/c1-5-33(43-25-10-7-21-39)35-31-15-14-30(28(2)13-12-23-41)37(31,4)34(44-26-11-8-22-40)27-32(35)36(3)18-16-29(17-19-36)42-24-9-6-20-38/h28-35,41H,5-27,38-40H2,1-4H3/t28-,29-,30-,31+,32+,33-,34+,35?,36+,37-/m1/s1. The molecule has 7 nitrogen and oxygen atoms in total. The van der Waals surface area contributed by atoms with Gasteiger partial charge in [-0.15, -0.1) is 0 Å². The van der Waals surface area contributed by atoms with Crippen molar-refractivity contribution in [2.45, 2.75) is 149 Å². The maximum atomic E-state index is 9.67. The van der Waals surface area contributed by atoms with Crippen LogP contribution in [0.1, 0.15) is 130 Å². The number of unbranched alkanes of at least 4 members (excludes halogenated alkanes) is 3. The van der Waals surface area contributed by atoms with E-state index in [0.717, 1.165) is 117 Å². The maximum absolute atomic E-state index is 9.67. The van der Waals surface area contributed by atoms with E-state index in [9.17, 15) is 5.11 Å². The fraction of sp³-hybridized carbons (Fsp3) is 1.00. The van der Waals surface area contributed by atoms with Crippen LogP contribution >= 0.6 is 0 Å². The molecule has 44 heavy (non-hydrogen) atoms. The lowest BCUT2D eigenvalue weighted by molar-refractivity contribution is -0.192. The van der Waals surface area contributed by atoms with Crippen LogP contribution < -0.4 is 17.2 Å². The van der Waals surface area contributed by atoms with Crippen molar-refractivity contribution in [1.29, 1.82) is 0 Å². The molecule has 0 radical (unpaired) electrons. The minimum absolute atomic E-state index is 0.118. The molecule has 3 aliphatic rings. The Morgan fingerprint density at radius 3 is 1.98 bits per heavy atom. The normalized spacial score (nSPS) is 35.5. The second kappa shape index (κ2) is 19.5. The zero-order valence-corrected chi connectivity index (χ0v) is 29.3. The zero-order chi connectivity index (χ0) is 32.0. The molecule has 8 atom stereocenters. The van der Waals surface area contributed by atoms with Gasteiger partial charge in [0.2, 0.25) is 0 Å². The molecule has 0 saturated heterocycles. The quantitative estimate of drug-likeness (QED) is 0.102. The van der Waals surface area contributed by atoms with Crippen molar-refractivity contribution in [3.8, 4) is 0 Å². The Morgan fingerprint density at radius 1 is 0.773 bits per heavy atom. The first-order valence-corrected chi connectivity index (χ1v) is 18.9. The topological polar surface area (TPSA) is 126 Å². The fourth-order valence-corrected chi connectivity index (χ4v) is 10.0. The highest BCUT2D eigenvalue weighted by atomic mass is 16.5. The summed E-state index contributed by atoms with van der Waals surface area (Å²) in [6.45, 7) is 14.9. The second-order valence-corrected chi connectivity index (χ2v) is 15.3. The van der Waals surface area contributed by atoms with Crippen molar-refractivity contribution in [2.24, 2.45) is 57.6 Å². The minimum Gasteiger partial charge on any atom is -0.396 e. The van der Waals surface area contributed by atoms with Gasteiger partial charge >= 0.3 is 0 Å². The molecule has 3 aliphatic carbocycles. The lowest BCUT2D eigenvalue weighted by atomic mass is 9.48. The Morgan fingerprint density at radius 2 is 1.39 bits per heavy atom. The molecule has 0 heterocycles. The van der Waals surface area contributed by atoms with Gasteiger partial charge in [-0.05, 0) is 157 Å². The van der Waals surface area contributed by atoms with E-state index >= 15 is 0 Å². The van der Waals surface area contributed by atoms with E-state index in [-0.39, 0.29) is 29.6 Å². The summed E-state index contributed by atoms with van der Waals surface area (Å²) in [5, 5.41) is 9.67. The minimum atomic E-state index is 0.118. The number of hydrogen-bond acceptors (Lipinski definition) is 7. The lowest BCUT2D eigenvalue weighted by Gasteiger charge is -2.60. The summed E-state index contributed by atoms with van der Waals surface area (Å²) in [5.74, 6) is 2.89. The maximum Gasteiger partial charge on any atom is 0.0637 e.